The van der Waals surface area contributed by atoms with Crippen molar-refractivity contribution in [1.82, 2.24) is 5.32 Å². The molecule has 1 nitrogen and oxygen atoms in total. The van der Waals surface area contributed by atoms with Gasteiger partial charge < -0.3 is 5.32 Å². The van der Waals surface area contributed by atoms with Gasteiger partial charge in [0.2, 0.25) is 0 Å². The van der Waals surface area contributed by atoms with E-state index < -0.39 is 0 Å². The van der Waals surface area contributed by atoms with Gasteiger partial charge in [-0.3, -0.25) is 0 Å². The van der Waals surface area contributed by atoms with E-state index in [1.165, 1.54) is 37.8 Å². The minimum Gasteiger partial charge on any atom is -0.316 e. The van der Waals surface area contributed by atoms with Crippen LogP contribution in [0.3, 0.4) is 0 Å². The van der Waals surface area contributed by atoms with Crippen molar-refractivity contribution in [2.75, 3.05) is 13.1 Å². The van der Waals surface area contributed by atoms with E-state index in [1.54, 1.807) is 0 Å². The van der Waals surface area contributed by atoms with Gasteiger partial charge in [0.1, 0.15) is 0 Å². The zero-order valence-corrected chi connectivity index (χ0v) is 11.8. The molecule has 3 rings (SSSR count). The first-order chi connectivity index (χ1) is 8.71. The average Bonchev–Trinajstić information content (AvgIpc) is 2.95. The number of nitrogens with one attached hydrogen (secondary N) is 1. The Kier molecular flexibility index (Phi) is 3.38. The fourth-order valence-corrected chi connectivity index (χ4v) is 4.04. The van der Waals surface area contributed by atoms with Crippen LogP contribution in [0.25, 0.3) is 0 Å². The fourth-order valence-electron chi connectivity index (χ4n) is 3.83. The molecule has 2 aliphatic rings. The molecule has 0 bridgehead atoms. The first-order valence-corrected chi connectivity index (χ1v) is 7.54. The van der Waals surface area contributed by atoms with Gasteiger partial charge in [-0.15, -0.1) is 0 Å². The lowest BCUT2D eigenvalue weighted by molar-refractivity contribution is 0.250. The average molecular weight is 264 g/mol. The van der Waals surface area contributed by atoms with Crippen molar-refractivity contribution in [3.05, 3.63) is 34.9 Å². The van der Waals surface area contributed by atoms with E-state index in [9.17, 15) is 0 Å². The third-order valence-corrected chi connectivity index (χ3v) is 4.91. The lowest BCUT2D eigenvalue weighted by Crippen LogP contribution is -2.35. The van der Waals surface area contributed by atoms with Crippen molar-refractivity contribution in [2.45, 2.75) is 32.6 Å². The topological polar surface area (TPSA) is 12.0 Å². The number of hydrogen-bond donors (Lipinski definition) is 1. The monoisotopic (exact) mass is 263 g/mol. The molecule has 0 spiro atoms. The highest BCUT2D eigenvalue weighted by molar-refractivity contribution is 6.30. The molecule has 18 heavy (non-hydrogen) atoms. The van der Waals surface area contributed by atoms with Crippen LogP contribution in [0.4, 0.5) is 0 Å². The van der Waals surface area contributed by atoms with Crippen molar-refractivity contribution in [1.29, 1.82) is 0 Å². The van der Waals surface area contributed by atoms with Crippen molar-refractivity contribution in [2.24, 2.45) is 17.3 Å². The molecule has 2 fully saturated rings. The van der Waals surface area contributed by atoms with E-state index in [0.717, 1.165) is 23.4 Å². The highest BCUT2D eigenvalue weighted by Gasteiger charge is 2.53. The summed E-state index contributed by atoms with van der Waals surface area (Å²) in [4.78, 5) is 0. The van der Waals surface area contributed by atoms with E-state index in [0.29, 0.717) is 5.41 Å². The van der Waals surface area contributed by atoms with Crippen molar-refractivity contribution in [3.63, 3.8) is 0 Å². The molecule has 2 aliphatic carbocycles. The summed E-state index contributed by atoms with van der Waals surface area (Å²) < 4.78 is 0. The summed E-state index contributed by atoms with van der Waals surface area (Å²) in [5, 5.41) is 4.44. The number of benzene rings is 1. The summed E-state index contributed by atoms with van der Waals surface area (Å²) in [6, 6.07) is 8.41. The fraction of sp³-hybridized carbons (Fsp3) is 0.625. The van der Waals surface area contributed by atoms with Gasteiger partial charge >= 0.3 is 0 Å². The number of halogens is 1. The molecule has 0 aliphatic heterocycles. The van der Waals surface area contributed by atoms with Crippen LogP contribution in [-0.4, -0.2) is 13.1 Å². The normalized spacial score (nSPS) is 33.4. The number of hydrogen-bond acceptors (Lipinski definition) is 1. The van der Waals surface area contributed by atoms with Gasteiger partial charge in [0, 0.05) is 11.6 Å². The molecular weight excluding hydrogens is 242 g/mol. The van der Waals surface area contributed by atoms with Gasteiger partial charge in [-0.2, -0.15) is 0 Å². The molecule has 2 heteroatoms. The van der Waals surface area contributed by atoms with Crippen molar-refractivity contribution in [3.8, 4) is 0 Å². The Morgan fingerprint density at radius 3 is 2.78 bits per heavy atom. The van der Waals surface area contributed by atoms with Crippen molar-refractivity contribution >= 4 is 11.6 Å². The molecule has 1 aromatic rings. The van der Waals surface area contributed by atoms with E-state index in [-0.39, 0.29) is 0 Å². The minimum atomic E-state index is 0.494. The molecule has 98 valence electrons. The second-order valence-electron chi connectivity index (χ2n) is 6.25. The summed E-state index contributed by atoms with van der Waals surface area (Å²) in [6.07, 6.45) is 5.51. The first-order valence-electron chi connectivity index (χ1n) is 7.16. The van der Waals surface area contributed by atoms with Crippen LogP contribution >= 0.6 is 11.6 Å². The Morgan fingerprint density at radius 1 is 1.33 bits per heavy atom. The summed E-state index contributed by atoms with van der Waals surface area (Å²) >= 11 is 6.10. The molecule has 2 atom stereocenters. The van der Waals surface area contributed by atoms with Crippen LogP contribution in [-0.2, 0) is 6.42 Å². The molecule has 1 N–H and O–H groups in total. The predicted molar refractivity (Wildman–Crippen MR) is 77.0 cm³/mol. The van der Waals surface area contributed by atoms with Crippen LogP contribution in [0, 0.1) is 17.3 Å². The summed E-state index contributed by atoms with van der Waals surface area (Å²) in [5.41, 5.74) is 1.90. The van der Waals surface area contributed by atoms with Gasteiger partial charge in [-0.25, -0.2) is 0 Å². The standard InChI is InChI=1S/C16H22ClN/c1-2-18-11-16(9-13-7-14(13)10-16)8-12-4-3-5-15(17)6-12/h3-6,13-14,18H,2,7-11H2,1H3. The van der Waals surface area contributed by atoms with E-state index in [1.807, 2.05) is 6.07 Å². The highest BCUT2D eigenvalue weighted by atomic mass is 35.5. The lowest BCUT2D eigenvalue weighted by Gasteiger charge is -2.31. The van der Waals surface area contributed by atoms with Crippen LogP contribution in [0.15, 0.2) is 24.3 Å². The van der Waals surface area contributed by atoms with E-state index in [2.05, 4.69) is 30.4 Å². The Morgan fingerprint density at radius 2 is 2.11 bits per heavy atom. The summed E-state index contributed by atoms with van der Waals surface area (Å²) in [6.45, 7) is 4.44. The molecule has 0 heterocycles. The smallest absolute Gasteiger partial charge is 0.0408 e. The zero-order chi connectivity index (χ0) is 12.6. The van der Waals surface area contributed by atoms with E-state index in [4.69, 9.17) is 11.6 Å². The van der Waals surface area contributed by atoms with Crippen LogP contribution in [0.2, 0.25) is 5.02 Å². The zero-order valence-electron chi connectivity index (χ0n) is 11.1. The van der Waals surface area contributed by atoms with Crippen LogP contribution in [0.1, 0.15) is 31.7 Å². The van der Waals surface area contributed by atoms with Gasteiger partial charge in [-0.1, -0.05) is 30.7 Å². The molecule has 2 saturated carbocycles. The maximum absolute atomic E-state index is 6.10. The highest BCUT2D eigenvalue weighted by Crippen LogP contribution is 2.60. The number of fused-ring (bicyclic) bond motifs is 1. The molecule has 0 aromatic heterocycles. The third-order valence-electron chi connectivity index (χ3n) is 4.68. The van der Waals surface area contributed by atoms with Gasteiger partial charge in [0.05, 0.1) is 0 Å². The quantitative estimate of drug-likeness (QED) is 0.849. The third kappa shape index (κ3) is 2.57. The van der Waals surface area contributed by atoms with Crippen LogP contribution < -0.4 is 5.32 Å². The Hall–Kier alpha value is -0.530. The molecule has 1 aromatic carbocycles. The Labute approximate surface area is 115 Å². The van der Waals surface area contributed by atoms with Gasteiger partial charge in [0.15, 0.2) is 0 Å². The SMILES string of the molecule is CCNCC1(Cc2cccc(Cl)c2)CC2CC2C1. The predicted octanol–water partition coefficient (Wildman–Crippen LogP) is 3.91. The van der Waals surface area contributed by atoms with E-state index >= 15 is 0 Å². The van der Waals surface area contributed by atoms with Gasteiger partial charge in [-0.05, 0) is 67.2 Å². The minimum absolute atomic E-state index is 0.494. The lowest BCUT2D eigenvalue weighted by atomic mass is 9.77. The molecule has 0 radical (unpaired) electrons. The second-order valence-corrected chi connectivity index (χ2v) is 6.69. The molecule has 0 amide bonds. The summed E-state index contributed by atoms with van der Waals surface area (Å²) in [7, 11) is 0. The molecular formula is C16H22ClN. The van der Waals surface area contributed by atoms with Crippen molar-refractivity contribution < 1.29 is 0 Å². The maximum Gasteiger partial charge on any atom is 0.0408 e. The van der Waals surface area contributed by atoms with Crippen LogP contribution in [0.5, 0.6) is 0 Å². The number of rotatable bonds is 5. The summed E-state index contributed by atoms with van der Waals surface area (Å²) in [5.74, 6) is 2.06. The molecule has 2 unspecified atom stereocenters. The first kappa shape index (κ1) is 12.5. The Balaban J connectivity index is 1.73. The largest absolute Gasteiger partial charge is 0.316 e. The van der Waals surface area contributed by atoms with Gasteiger partial charge in [0.25, 0.3) is 0 Å². The maximum atomic E-state index is 6.10. The molecule has 0 saturated heterocycles. The second kappa shape index (κ2) is 4.86. The Bertz CT molecular complexity index is 419.